The van der Waals surface area contributed by atoms with Gasteiger partial charge in [0.2, 0.25) is 15.9 Å². The number of nitrogens with zero attached hydrogens (tertiary/aromatic N) is 3. The third kappa shape index (κ3) is 4.89. The molecule has 0 saturated carbocycles. The Morgan fingerprint density at radius 3 is 2.46 bits per heavy atom. The standard InChI is InChI=1S/C25H28N4O5S/c1-18(19-2-4-21(5-3-19)28-13-10-26-17-28)27-25(30)20-8-11-29(12-9-20)35(31,32)22-6-7-23-24(16-22)34-15-14-33-23/h2-7,10,13,16-18,20H,8-9,11-12,14-15H2,1H3,(H,27,30)/t18-/m0/s1. The smallest absolute Gasteiger partial charge is 0.243 e. The zero-order chi connectivity index (χ0) is 24.4. The van der Waals surface area contributed by atoms with E-state index in [1.165, 1.54) is 10.4 Å². The van der Waals surface area contributed by atoms with Crippen LogP contribution in [0.4, 0.5) is 0 Å². The molecule has 35 heavy (non-hydrogen) atoms. The number of ether oxygens (including phenoxy) is 2. The van der Waals surface area contributed by atoms with Crippen molar-refractivity contribution in [1.82, 2.24) is 19.2 Å². The molecule has 2 aliphatic heterocycles. The van der Waals surface area contributed by atoms with Crippen molar-refractivity contribution in [2.45, 2.75) is 30.7 Å². The summed E-state index contributed by atoms with van der Waals surface area (Å²) in [6, 6.07) is 12.5. The highest BCUT2D eigenvalue weighted by molar-refractivity contribution is 7.89. The van der Waals surface area contributed by atoms with E-state index >= 15 is 0 Å². The first-order valence-electron chi connectivity index (χ1n) is 11.7. The predicted molar refractivity (Wildman–Crippen MR) is 129 cm³/mol. The number of aromatic nitrogens is 2. The largest absolute Gasteiger partial charge is 0.486 e. The number of hydrogen-bond acceptors (Lipinski definition) is 6. The molecule has 1 N–H and O–H groups in total. The summed E-state index contributed by atoms with van der Waals surface area (Å²) in [5, 5.41) is 3.08. The Balaban J connectivity index is 1.17. The van der Waals surface area contributed by atoms with E-state index in [9.17, 15) is 13.2 Å². The summed E-state index contributed by atoms with van der Waals surface area (Å²) < 4.78 is 40.7. The van der Waals surface area contributed by atoms with Crippen LogP contribution in [0.15, 0.2) is 66.1 Å². The lowest BCUT2D eigenvalue weighted by atomic mass is 9.96. The van der Waals surface area contributed by atoms with Gasteiger partial charge in [0.05, 0.1) is 17.3 Å². The van der Waals surface area contributed by atoms with E-state index in [2.05, 4.69) is 10.3 Å². The molecular weight excluding hydrogens is 468 g/mol. The van der Waals surface area contributed by atoms with Crippen molar-refractivity contribution < 1.29 is 22.7 Å². The minimum Gasteiger partial charge on any atom is -0.486 e. The van der Waals surface area contributed by atoms with E-state index in [0.717, 1.165) is 11.3 Å². The summed E-state index contributed by atoms with van der Waals surface area (Å²) in [7, 11) is -3.67. The average Bonchev–Trinajstić information content (AvgIpc) is 3.43. The van der Waals surface area contributed by atoms with E-state index in [4.69, 9.17) is 9.47 Å². The van der Waals surface area contributed by atoms with Crippen LogP contribution in [0.3, 0.4) is 0 Å². The van der Waals surface area contributed by atoms with Gasteiger partial charge in [-0.1, -0.05) is 12.1 Å². The number of amides is 1. The van der Waals surface area contributed by atoms with Crippen molar-refractivity contribution in [2.75, 3.05) is 26.3 Å². The molecule has 0 bridgehead atoms. The van der Waals surface area contributed by atoms with Crippen LogP contribution in [0, 0.1) is 5.92 Å². The SMILES string of the molecule is C[C@H](NC(=O)C1CCN(S(=O)(=O)c2ccc3c(c2)OCCO3)CC1)c1ccc(-n2ccnc2)cc1. The van der Waals surface area contributed by atoms with Crippen LogP contribution < -0.4 is 14.8 Å². The number of fused-ring (bicyclic) bond motifs is 1. The number of hydrogen-bond donors (Lipinski definition) is 1. The lowest BCUT2D eigenvalue weighted by Gasteiger charge is -2.31. The van der Waals surface area contributed by atoms with Gasteiger partial charge in [-0.05, 0) is 49.6 Å². The van der Waals surface area contributed by atoms with E-state index < -0.39 is 10.0 Å². The number of rotatable bonds is 6. The summed E-state index contributed by atoms with van der Waals surface area (Å²) in [6.45, 7) is 3.38. The van der Waals surface area contributed by atoms with Gasteiger partial charge in [-0.15, -0.1) is 0 Å². The van der Waals surface area contributed by atoms with E-state index in [0.29, 0.717) is 50.6 Å². The average molecular weight is 497 g/mol. The zero-order valence-corrected chi connectivity index (χ0v) is 20.3. The fourth-order valence-electron chi connectivity index (χ4n) is 4.45. The van der Waals surface area contributed by atoms with Crippen molar-refractivity contribution in [1.29, 1.82) is 0 Å². The zero-order valence-electron chi connectivity index (χ0n) is 19.5. The van der Waals surface area contributed by atoms with Gasteiger partial charge < -0.3 is 19.4 Å². The second kappa shape index (κ2) is 9.71. The fraction of sp³-hybridized carbons (Fsp3) is 0.360. The van der Waals surface area contributed by atoms with Gasteiger partial charge in [0.1, 0.15) is 13.2 Å². The van der Waals surface area contributed by atoms with Gasteiger partial charge >= 0.3 is 0 Å². The minimum absolute atomic E-state index is 0.0486. The maximum absolute atomic E-state index is 13.1. The molecule has 0 spiro atoms. The lowest BCUT2D eigenvalue weighted by molar-refractivity contribution is -0.126. The molecule has 1 amide bonds. The van der Waals surface area contributed by atoms with E-state index in [-0.39, 0.29) is 22.8 Å². The first-order chi connectivity index (χ1) is 16.9. The van der Waals surface area contributed by atoms with Crippen molar-refractivity contribution >= 4 is 15.9 Å². The van der Waals surface area contributed by atoms with Crippen LogP contribution >= 0.6 is 0 Å². The Bertz CT molecular complexity index is 1280. The van der Waals surface area contributed by atoms with E-state index in [1.54, 1.807) is 24.7 Å². The molecule has 5 rings (SSSR count). The molecule has 0 unspecified atom stereocenters. The molecule has 3 heterocycles. The third-order valence-electron chi connectivity index (χ3n) is 6.53. The highest BCUT2D eigenvalue weighted by atomic mass is 32.2. The second-order valence-electron chi connectivity index (χ2n) is 8.78. The molecule has 1 fully saturated rings. The highest BCUT2D eigenvalue weighted by Crippen LogP contribution is 2.34. The molecule has 2 aromatic carbocycles. The maximum atomic E-state index is 13.1. The van der Waals surface area contributed by atoms with Crippen LogP contribution in [0.5, 0.6) is 11.5 Å². The minimum atomic E-state index is -3.67. The highest BCUT2D eigenvalue weighted by Gasteiger charge is 2.33. The van der Waals surface area contributed by atoms with Crippen LogP contribution in [0.25, 0.3) is 5.69 Å². The molecule has 0 aliphatic carbocycles. The molecule has 10 heteroatoms. The Morgan fingerprint density at radius 1 is 1.06 bits per heavy atom. The summed E-state index contributed by atoms with van der Waals surface area (Å²) in [6.07, 6.45) is 6.29. The van der Waals surface area contributed by atoms with Gasteiger partial charge in [0, 0.05) is 43.2 Å². The molecule has 9 nitrogen and oxygen atoms in total. The number of sulfonamides is 1. The van der Waals surface area contributed by atoms with Gasteiger partial charge in [0.25, 0.3) is 0 Å². The molecule has 0 radical (unpaired) electrons. The second-order valence-corrected chi connectivity index (χ2v) is 10.7. The Kier molecular flexibility index (Phi) is 6.48. The van der Waals surface area contributed by atoms with Gasteiger partial charge in [0.15, 0.2) is 11.5 Å². The van der Waals surface area contributed by atoms with Crippen LogP contribution in [0.1, 0.15) is 31.4 Å². The van der Waals surface area contributed by atoms with Gasteiger partial charge in [-0.2, -0.15) is 4.31 Å². The van der Waals surface area contributed by atoms with Gasteiger partial charge in [-0.3, -0.25) is 4.79 Å². The van der Waals surface area contributed by atoms with Crippen molar-refractivity contribution in [3.05, 3.63) is 66.7 Å². The molecule has 3 aromatic rings. The summed E-state index contributed by atoms with van der Waals surface area (Å²) in [5.74, 6) is 0.719. The lowest BCUT2D eigenvalue weighted by Crippen LogP contribution is -2.43. The number of imidazole rings is 1. The molecule has 1 aromatic heterocycles. The summed E-state index contributed by atoms with van der Waals surface area (Å²) >= 11 is 0. The molecule has 2 aliphatic rings. The first-order valence-corrected chi connectivity index (χ1v) is 13.1. The molecule has 1 atom stereocenters. The Morgan fingerprint density at radius 2 is 1.77 bits per heavy atom. The number of benzene rings is 2. The fourth-order valence-corrected chi connectivity index (χ4v) is 5.94. The molecular formula is C25H28N4O5S. The van der Waals surface area contributed by atoms with Crippen molar-refractivity contribution in [3.8, 4) is 17.2 Å². The number of piperidine rings is 1. The number of carbonyl (C=O) groups is 1. The number of carbonyl (C=O) groups excluding carboxylic acids is 1. The quantitative estimate of drug-likeness (QED) is 0.563. The maximum Gasteiger partial charge on any atom is 0.243 e. The van der Waals surface area contributed by atoms with Crippen molar-refractivity contribution in [3.63, 3.8) is 0 Å². The van der Waals surface area contributed by atoms with Crippen molar-refractivity contribution in [2.24, 2.45) is 5.92 Å². The summed E-state index contributed by atoms with van der Waals surface area (Å²) in [4.78, 5) is 17.1. The Labute approximate surface area is 204 Å². The third-order valence-corrected chi connectivity index (χ3v) is 8.43. The van der Waals surface area contributed by atoms with E-state index in [1.807, 2.05) is 42.0 Å². The topological polar surface area (TPSA) is 103 Å². The van der Waals surface area contributed by atoms with Crippen LogP contribution in [-0.2, 0) is 14.8 Å². The Hall–Kier alpha value is -3.37. The molecule has 1 saturated heterocycles. The normalized spacial score (nSPS) is 17.6. The predicted octanol–water partition coefficient (Wildman–Crippen LogP) is 2.92. The summed E-state index contributed by atoms with van der Waals surface area (Å²) in [5.41, 5.74) is 2.00. The first kappa shape index (κ1) is 23.4. The van der Waals surface area contributed by atoms with Crippen LogP contribution in [-0.4, -0.2) is 54.5 Å². The van der Waals surface area contributed by atoms with Crippen LogP contribution in [0.2, 0.25) is 0 Å². The van der Waals surface area contributed by atoms with Gasteiger partial charge in [-0.25, -0.2) is 13.4 Å². The monoisotopic (exact) mass is 496 g/mol. The number of nitrogens with one attached hydrogen (secondary N) is 1. The molecule has 184 valence electrons.